The second-order valence-corrected chi connectivity index (χ2v) is 4.32. The minimum atomic E-state index is -2.57. The van der Waals surface area contributed by atoms with Gasteiger partial charge in [0.25, 0.3) is 12.3 Å². The maximum absolute atomic E-state index is 12.1. The molecule has 0 aromatic carbocycles. The molecule has 5 nitrogen and oxygen atoms in total. The van der Waals surface area contributed by atoms with Gasteiger partial charge in [0.1, 0.15) is 0 Å². The molecule has 1 amide bonds. The monoisotopic (exact) mass is 268 g/mol. The topological polar surface area (TPSA) is 59.8 Å². The number of aryl methyl sites for hydroxylation is 3. The number of hydrogen-bond acceptors (Lipinski definition) is 3. The average molecular weight is 268 g/mol. The fourth-order valence-electron chi connectivity index (χ4n) is 2.01. The largest absolute Gasteiger partial charge is 0.346 e. The molecule has 0 unspecified atom stereocenters. The van der Waals surface area contributed by atoms with Gasteiger partial charge in [-0.15, -0.1) is 0 Å². The van der Waals surface area contributed by atoms with Crippen LogP contribution < -0.4 is 5.32 Å². The van der Waals surface area contributed by atoms with Crippen molar-refractivity contribution in [2.45, 2.75) is 20.3 Å². The van der Waals surface area contributed by atoms with E-state index in [2.05, 4.69) is 15.4 Å². The van der Waals surface area contributed by atoms with E-state index in [4.69, 9.17) is 0 Å². The minimum absolute atomic E-state index is 0.328. The van der Waals surface area contributed by atoms with Gasteiger partial charge in [0.05, 0.1) is 23.2 Å². The van der Waals surface area contributed by atoms with Crippen LogP contribution in [0.3, 0.4) is 0 Å². The van der Waals surface area contributed by atoms with Crippen molar-refractivity contribution in [2.24, 2.45) is 7.05 Å². The van der Waals surface area contributed by atoms with E-state index in [9.17, 15) is 13.6 Å². The van der Waals surface area contributed by atoms with E-state index in [0.29, 0.717) is 28.0 Å². The van der Waals surface area contributed by atoms with Crippen LogP contribution in [-0.4, -0.2) is 33.6 Å². The Hall–Kier alpha value is -2.05. The highest BCUT2D eigenvalue weighted by molar-refractivity contribution is 6.06. The van der Waals surface area contributed by atoms with Gasteiger partial charge < -0.3 is 5.32 Å². The smallest absolute Gasteiger partial charge is 0.255 e. The second kappa shape index (κ2) is 4.91. The molecule has 2 rings (SSSR count). The van der Waals surface area contributed by atoms with Crippen LogP contribution in [0.5, 0.6) is 0 Å². The van der Waals surface area contributed by atoms with Crippen molar-refractivity contribution in [3.63, 3.8) is 0 Å². The fourth-order valence-corrected chi connectivity index (χ4v) is 2.01. The number of hydrogen-bond donors (Lipinski definition) is 1. The highest BCUT2D eigenvalue weighted by Gasteiger charge is 2.18. The normalized spacial score (nSPS) is 11.3. The summed E-state index contributed by atoms with van der Waals surface area (Å²) >= 11 is 0. The molecule has 0 aliphatic rings. The molecule has 1 N–H and O–H groups in total. The molecule has 0 bridgehead atoms. The Bertz CT molecular complexity index is 636. The number of amides is 1. The third-order valence-corrected chi connectivity index (χ3v) is 2.76. The van der Waals surface area contributed by atoms with Crippen LogP contribution in [-0.2, 0) is 7.05 Å². The minimum Gasteiger partial charge on any atom is -0.346 e. The van der Waals surface area contributed by atoms with Crippen molar-refractivity contribution >= 4 is 16.9 Å². The van der Waals surface area contributed by atoms with E-state index < -0.39 is 18.9 Å². The lowest BCUT2D eigenvalue weighted by Gasteiger charge is -2.07. The van der Waals surface area contributed by atoms with Crippen molar-refractivity contribution in [1.29, 1.82) is 0 Å². The molecule has 0 aliphatic heterocycles. The second-order valence-electron chi connectivity index (χ2n) is 4.32. The van der Waals surface area contributed by atoms with Crippen LogP contribution in [0.4, 0.5) is 8.78 Å². The van der Waals surface area contributed by atoms with Crippen molar-refractivity contribution in [1.82, 2.24) is 20.1 Å². The summed E-state index contributed by atoms with van der Waals surface area (Å²) in [4.78, 5) is 16.3. The van der Waals surface area contributed by atoms with Gasteiger partial charge in [-0.3, -0.25) is 9.48 Å². The Morgan fingerprint density at radius 1 is 1.47 bits per heavy atom. The standard InChI is InChI=1S/C12H14F2N4O/c1-6-4-8(12(19)15-5-9(13)14)10-7(2)17-18(3)11(10)16-6/h4,9H,5H2,1-3H3,(H,15,19). The van der Waals surface area contributed by atoms with E-state index in [1.54, 1.807) is 31.6 Å². The number of pyridine rings is 1. The van der Waals surface area contributed by atoms with Crippen LogP contribution in [0, 0.1) is 13.8 Å². The molecule has 0 fully saturated rings. The Morgan fingerprint density at radius 3 is 2.79 bits per heavy atom. The molecule has 0 saturated heterocycles. The SMILES string of the molecule is Cc1cc(C(=O)NCC(F)F)c2c(C)nn(C)c2n1. The molecule has 0 saturated carbocycles. The summed E-state index contributed by atoms with van der Waals surface area (Å²) in [7, 11) is 1.72. The summed E-state index contributed by atoms with van der Waals surface area (Å²) in [6.07, 6.45) is -2.57. The molecule has 0 radical (unpaired) electrons. The van der Waals surface area contributed by atoms with Gasteiger partial charge in [-0.05, 0) is 19.9 Å². The predicted octanol–water partition coefficient (Wildman–Crippen LogP) is 1.58. The first-order valence-electron chi connectivity index (χ1n) is 5.77. The molecule has 0 atom stereocenters. The maximum Gasteiger partial charge on any atom is 0.255 e. The summed E-state index contributed by atoms with van der Waals surface area (Å²) in [6, 6.07) is 1.58. The zero-order valence-corrected chi connectivity index (χ0v) is 10.9. The van der Waals surface area contributed by atoms with E-state index >= 15 is 0 Å². The molecule has 0 spiro atoms. The van der Waals surface area contributed by atoms with Crippen LogP contribution >= 0.6 is 0 Å². The summed E-state index contributed by atoms with van der Waals surface area (Å²) in [5.74, 6) is -0.535. The molecule has 102 valence electrons. The Labute approximate surface area is 108 Å². The van der Waals surface area contributed by atoms with Gasteiger partial charge in [0, 0.05) is 12.7 Å². The van der Waals surface area contributed by atoms with Gasteiger partial charge in [0.15, 0.2) is 5.65 Å². The number of aromatic nitrogens is 3. The first kappa shape index (κ1) is 13.4. The van der Waals surface area contributed by atoms with E-state index in [-0.39, 0.29) is 0 Å². The van der Waals surface area contributed by atoms with Gasteiger partial charge in [0.2, 0.25) is 0 Å². The first-order valence-corrected chi connectivity index (χ1v) is 5.77. The summed E-state index contributed by atoms with van der Waals surface area (Å²) in [6.45, 7) is 2.83. The number of alkyl halides is 2. The first-order chi connectivity index (χ1) is 8.90. The van der Waals surface area contributed by atoms with Crippen molar-refractivity contribution < 1.29 is 13.6 Å². The lowest BCUT2D eigenvalue weighted by Crippen LogP contribution is -2.28. The summed E-state index contributed by atoms with van der Waals surface area (Å²) in [5.41, 5.74) is 2.18. The van der Waals surface area contributed by atoms with Crippen LogP contribution in [0.1, 0.15) is 21.7 Å². The van der Waals surface area contributed by atoms with E-state index in [1.807, 2.05) is 0 Å². The predicted molar refractivity (Wildman–Crippen MR) is 66.3 cm³/mol. The Kier molecular flexibility index (Phi) is 3.46. The zero-order valence-electron chi connectivity index (χ0n) is 10.9. The quantitative estimate of drug-likeness (QED) is 0.919. The fraction of sp³-hybridized carbons (Fsp3) is 0.417. The number of carbonyl (C=O) groups excluding carboxylic acids is 1. The van der Waals surface area contributed by atoms with Gasteiger partial charge in [-0.2, -0.15) is 5.10 Å². The number of carbonyl (C=O) groups is 1. The van der Waals surface area contributed by atoms with Crippen LogP contribution in [0.2, 0.25) is 0 Å². The highest BCUT2D eigenvalue weighted by Crippen LogP contribution is 2.21. The third kappa shape index (κ3) is 2.54. The summed E-state index contributed by atoms with van der Waals surface area (Å²) < 4.78 is 25.9. The molecular formula is C12H14F2N4O. The Balaban J connectivity index is 2.50. The number of rotatable bonds is 3. The van der Waals surface area contributed by atoms with Crippen LogP contribution in [0.15, 0.2) is 6.07 Å². The molecule has 2 heterocycles. The van der Waals surface area contributed by atoms with Crippen molar-refractivity contribution in [3.05, 3.63) is 23.0 Å². The van der Waals surface area contributed by atoms with Gasteiger partial charge in [-0.1, -0.05) is 0 Å². The third-order valence-electron chi connectivity index (χ3n) is 2.76. The van der Waals surface area contributed by atoms with Crippen LogP contribution in [0.25, 0.3) is 11.0 Å². The van der Waals surface area contributed by atoms with Gasteiger partial charge in [-0.25, -0.2) is 13.8 Å². The van der Waals surface area contributed by atoms with Gasteiger partial charge >= 0.3 is 0 Å². The molecular weight excluding hydrogens is 254 g/mol. The van der Waals surface area contributed by atoms with E-state index in [1.165, 1.54) is 0 Å². The Morgan fingerprint density at radius 2 is 2.16 bits per heavy atom. The molecule has 0 aliphatic carbocycles. The molecule has 19 heavy (non-hydrogen) atoms. The number of fused-ring (bicyclic) bond motifs is 1. The number of nitrogens with one attached hydrogen (secondary N) is 1. The molecule has 2 aromatic rings. The molecule has 2 aromatic heterocycles. The van der Waals surface area contributed by atoms with Crippen molar-refractivity contribution in [3.8, 4) is 0 Å². The molecule has 7 heteroatoms. The van der Waals surface area contributed by atoms with Crippen molar-refractivity contribution in [2.75, 3.05) is 6.54 Å². The lowest BCUT2D eigenvalue weighted by atomic mass is 10.1. The highest BCUT2D eigenvalue weighted by atomic mass is 19.3. The number of halogens is 2. The lowest BCUT2D eigenvalue weighted by molar-refractivity contribution is 0.0893. The average Bonchev–Trinajstić information content (AvgIpc) is 2.61. The maximum atomic E-state index is 12.1. The van der Waals surface area contributed by atoms with E-state index in [0.717, 1.165) is 0 Å². The zero-order chi connectivity index (χ0) is 14.2. The number of nitrogens with zero attached hydrogens (tertiary/aromatic N) is 3. The summed E-state index contributed by atoms with van der Waals surface area (Å²) in [5, 5.41) is 6.99.